The van der Waals surface area contributed by atoms with Crippen molar-refractivity contribution in [2.75, 3.05) is 4.90 Å². The molecule has 2 aromatic rings. The van der Waals surface area contributed by atoms with Crippen LogP contribution in [0.5, 0.6) is 5.75 Å². The average Bonchev–Trinajstić information content (AvgIpc) is 2.53. The second-order valence-electron chi connectivity index (χ2n) is 7.37. The number of carbonyl (C=O) groups is 1. The van der Waals surface area contributed by atoms with Crippen molar-refractivity contribution in [3.05, 3.63) is 59.2 Å². The molecule has 2 aromatic carbocycles. The maximum Gasteiger partial charge on any atom is 0.271 e. The van der Waals surface area contributed by atoms with Gasteiger partial charge >= 0.3 is 0 Å². The van der Waals surface area contributed by atoms with Crippen LogP contribution in [0.25, 0.3) is 0 Å². The van der Waals surface area contributed by atoms with Crippen LogP contribution < -0.4 is 9.64 Å². The molecule has 3 heteroatoms. The fraction of sp³-hybridized carbons (Fsp3) is 0.381. The molecule has 0 radical (unpaired) electrons. The van der Waals surface area contributed by atoms with E-state index < -0.39 is 5.60 Å². The smallest absolute Gasteiger partial charge is 0.271 e. The minimum atomic E-state index is -0.847. The summed E-state index contributed by atoms with van der Waals surface area (Å²) >= 11 is 0. The minimum Gasteiger partial charge on any atom is -0.476 e. The van der Waals surface area contributed by atoms with Crippen molar-refractivity contribution in [3.8, 4) is 5.75 Å². The number of amides is 1. The van der Waals surface area contributed by atoms with Gasteiger partial charge in [-0.3, -0.25) is 4.79 Å². The number of benzene rings is 2. The van der Waals surface area contributed by atoms with Crippen LogP contribution in [0.3, 0.4) is 0 Å². The Bertz CT molecular complexity index is 760. The molecule has 0 aromatic heterocycles. The largest absolute Gasteiger partial charge is 0.476 e. The van der Waals surface area contributed by atoms with Crippen LogP contribution in [-0.4, -0.2) is 11.5 Å². The van der Waals surface area contributed by atoms with E-state index >= 15 is 0 Å². The molecular formula is C21H25NO2. The number of hydrogen-bond donors (Lipinski definition) is 0. The number of anilines is 1. The zero-order chi connectivity index (χ0) is 17.5. The summed E-state index contributed by atoms with van der Waals surface area (Å²) in [6.07, 6.45) is 0. The Labute approximate surface area is 144 Å². The van der Waals surface area contributed by atoms with Crippen molar-refractivity contribution in [2.24, 2.45) is 0 Å². The van der Waals surface area contributed by atoms with Crippen molar-refractivity contribution in [3.63, 3.8) is 0 Å². The first-order valence-corrected chi connectivity index (χ1v) is 8.48. The number of nitrogens with zero attached hydrogens (tertiary/aromatic N) is 1. The zero-order valence-corrected chi connectivity index (χ0v) is 15.1. The lowest BCUT2D eigenvalue weighted by Crippen LogP contribution is -2.52. The molecule has 0 N–H and O–H groups in total. The van der Waals surface area contributed by atoms with Gasteiger partial charge in [0.05, 0.1) is 12.2 Å². The van der Waals surface area contributed by atoms with E-state index in [2.05, 4.69) is 38.1 Å². The van der Waals surface area contributed by atoms with Gasteiger partial charge < -0.3 is 9.64 Å². The van der Waals surface area contributed by atoms with Crippen molar-refractivity contribution in [1.29, 1.82) is 0 Å². The van der Waals surface area contributed by atoms with Gasteiger partial charge in [0.1, 0.15) is 5.75 Å². The summed E-state index contributed by atoms with van der Waals surface area (Å²) < 4.78 is 5.91. The Morgan fingerprint density at radius 2 is 1.75 bits per heavy atom. The van der Waals surface area contributed by atoms with Crippen molar-refractivity contribution in [2.45, 2.75) is 52.7 Å². The van der Waals surface area contributed by atoms with Gasteiger partial charge in [0.15, 0.2) is 5.60 Å². The fourth-order valence-electron chi connectivity index (χ4n) is 3.03. The third-order valence-corrected chi connectivity index (χ3v) is 4.52. The third-order valence-electron chi connectivity index (χ3n) is 4.52. The van der Waals surface area contributed by atoms with E-state index in [-0.39, 0.29) is 5.91 Å². The molecule has 0 fully saturated rings. The van der Waals surface area contributed by atoms with E-state index in [4.69, 9.17) is 4.74 Å². The van der Waals surface area contributed by atoms with Gasteiger partial charge in [-0.1, -0.05) is 44.2 Å². The number of carbonyl (C=O) groups excluding carboxylic acids is 1. The molecule has 0 atom stereocenters. The molecule has 3 nitrogen and oxygen atoms in total. The van der Waals surface area contributed by atoms with E-state index in [1.54, 1.807) is 0 Å². The Morgan fingerprint density at radius 3 is 2.38 bits per heavy atom. The quantitative estimate of drug-likeness (QED) is 0.810. The highest BCUT2D eigenvalue weighted by atomic mass is 16.5. The predicted molar refractivity (Wildman–Crippen MR) is 97.6 cm³/mol. The Morgan fingerprint density at radius 1 is 1.08 bits per heavy atom. The molecule has 0 unspecified atom stereocenters. The number of ether oxygens (including phenoxy) is 1. The second kappa shape index (κ2) is 5.97. The number of fused-ring (bicyclic) bond motifs is 1. The topological polar surface area (TPSA) is 29.5 Å². The average molecular weight is 323 g/mol. The van der Waals surface area contributed by atoms with Crippen LogP contribution in [0.15, 0.2) is 42.5 Å². The lowest BCUT2D eigenvalue weighted by Gasteiger charge is -2.39. The molecule has 0 aliphatic carbocycles. The maximum absolute atomic E-state index is 12.9. The highest BCUT2D eigenvalue weighted by Crippen LogP contribution is 2.39. The highest BCUT2D eigenvalue weighted by Gasteiger charge is 2.40. The fourth-order valence-corrected chi connectivity index (χ4v) is 3.03. The molecule has 0 saturated heterocycles. The molecule has 3 rings (SSSR count). The highest BCUT2D eigenvalue weighted by molar-refractivity contribution is 6.02. The van der Waals surface area contributed by atoms with Gasteiger partial charge in [0.25, 0.3) is 5.91 Å². The summed E-state index contributed by atoms with van der Waals surface area (Å²) in [5.41, 5.74) is 3.55. The van der Waals surface area contributed by atoms with E-state index in [1.807, 2.05) is 43.9 Å². The van der Waals surface area contributed by atoms with Crippen molar-refractivity contribution >= 4 is 11.6 Å². The van der Waals surface area contributed by atoms with Gasteiger partial charge in [-0.15, -0.1) is 0 Å². The van der Waals surface area contributed by atoms with E-state index in [1.165, 1.54) is 5.56 Å². The predicted octanol–water partition coefficient (Wildman–Crippen LogP) is 4.82. The molecule has 24 heavy (non-hydrogen) atoms. The van der Waals surface area contributed by atoms with Crippen LogP contribution in [0.1, 0.15) is 50.3 Å². The third kappa shape index (κ3) is 3.03. The molecule has 1 aliphatic heterocycles. The maximum atomic E-state index is 12.9. The lowest BCUT2D eigenvalue weighted by atomic mass is 10.00. The molecular weight excluding hydrogens is 298 g/mol. The minimum absolute atomic E-state index is 0.00599. The molecule has 0 bridgehead atoms. The Kier molecular flexibility index (Phi) is 4.12. The van der Waals surface area contributed by atoms with E-state index in [0.29, 0.717) is 12.5 Å². The first kappa shape index (κ1) is 16.6. The first-order valence-electron chi connectivity index (χ1n) is 8.48. The first-order chi connectivity index (χ1) is 11.3. The molecule has 1 aliphatic rings. The van der Waals surface area contributed by atoms with Crippen molar-refractivity contribution < 1.29 is 9.53 Å². The summed E-state index contributed by atoms with van der Waals surface area (Å²) in [5.74, 6) is 1.27. The lowest BCUT2D eigenvalue weighted by molar-refractivity contribution is -0.132. The second-order valence-corrected chi connectivity index (χ2v) is 7.37. The summed E-state index contributed by atoms with van der Waals surface area (Å²) in [7, 11) is 0. The number of rotatable bonds is 3. The Hall–Kier alpha value is -2.29. The van der Waals surface area contributed by atoms with Gasteiger partial charge in [-0.2, -0.15) is 0 Å². The Balaban J connectivity index is 1.96. The normalized spacial score (nSPS) is 16.1. The van der Waals surface area contributed by atoms with Gasteiger partial charge in [0.2, 0.25) is 0 Å². The van der Waals surface area contributed by atoms with Crippen LogP contribution >= 0.6 is 0 Å². The number of hydrogen-bond acceptors (Lipinski definition) is 2. The van der Waals surface area contributed by atoms with Gasteiger partial charge in [0, 0.05) is 0 Å². The van der Waals surface area contributed by atoms with Gasteiger partial charge in [-0.25, -0.2) is 0 Å². The van der Waals surface area contributed by atoms with Gasteiger partial charge in [-0.05, 0) is 55.5 Å². The van der Waals surface area contributed by atoms with E-state index in [0.717, 1.165) is 22.6 Å². The monoisotopic (exact) mass is 323 g/mol. The summed E-state index contributed by atoms with van der Waals surface area (Å²) in [5, 5.41) is 0. The van der Waals surface area contributed by atoms with Crippen LogP contribution in [0, 0.1) is 6.92 Å². The SMILES string of the molecule is Cc1ccc2c(c1)N(Cc1ccc(C(C)C)cc1)C(=O)C(C)(C)O2. The summed E-state index contributed by atoms with van der Waals surface area (Å²) in [6.45, 7) is 10.6. The van der Waals surface area contributed by atoms with Crippen molar-refractivity contribution in [1.82, 2.24) is 0 Å². The van der Waals surface area contributed by atoms with Crippen LogP contribution in [0.4, 0.5) is 5.69 Å². The van der Waals surface area contributed by atoms with E-state index in [9.17, 15) is 4.79 Å². The zero-order valence-electron chi connectivity index (χ0n) is 15.1. The summed E-state index contributed by atoms with van der Waals surface area (Å²) in [6, 6.07) is 14.5. The standard InChI is InChI=1S/C21H25NO2/c1-14(2)17-9-7-16(8-10-17)13-22-18-12-15(3)6-11-19(18)24-21(4,5)20(22)23/h6-12,14H,13H2,1-5H3. The molecule has 126 valence electrons. The molecule has 1 heterocycles. The molecule has 1 amide bonds. The molecule has 0 spiro atoms. The van der Waals surface area contributed by atoms with Crippen LogP contribution in [0.2, 0.25) is 0 Å². The number of aryl methyl sites for hydroxylation is 1. The molecule has 0 saturated carbocycles. The summed E-state index contributed by atoms with van der Waals surface area (Å²) in [4.78, 5) is 14.7. The van der Waals surface area contributed by atoms with Crippen LogP contribution in [-0.2, 0) is 11.3 Å².